The van der Waals surface area contributed by atoms with E-state index >= 15 is 0 Å². The first kappa shape index (κ1) is 19.4. The third-order valence-corrected chi connectivity index (χ3v) is 6.93. The number of carbonyl (C=O) groups is 2. The summed E-state index contributed by atoms with van der Waals surface area (Å²) < 4.78 is 5.30. The molecular formula is C24H29N3O3. The number of nitrogens with one attached hydrogen (secondary N) is 1. The molecule has 3 heterocycles. The van der Waals surface area contributed by atoms with Gasteiger partial charge in [-0.25, -0.2) is 0 Å². The van der Waals surface area contributed by atoms with E-state index in [2.05, 4.69) is 34.5 Å². The van der Waals surface area contributed by atoms with Crippen molar-refractivity contribution in [2.45, 2.75) is 26.3 Å². The average Bonchev–Trinajstić information content (AvgIpc) is 3.33. The average molecular weight is 408 g/mol. The van der Waals surface area contributed by atoms with Crippen molar-refractivity contribution in [2.24, 2.45) is 17.3 Å². The smallest absolute Gasteiger partial charge is 0.257 e. The summed E-state index contributed by atoms with van der Waals surface area (Å²) in [7, 11) is 0. The van der Waals surface area contributed by atoms with Gasteiger partial charge in [-0.2, -0.15) is 0 Å². The zero-order chi connectivity index (χ0) is 20.7. The van der Waals surface area contributed by atoms with Crippen molar-refractivity contribution in [1.29, 1.82) is 0 Å². The fourth-order valence-electron chi connectivity index (χ4n) is 5.04. The van der Waals surface area contributed by atoms with E-state index in [1.165, 1.54) is 18.4 Å². The van der Waals surface area contributed by atoms with E-state index in [0.29, 0.717) is 30.3 Å². The maximum atomic E-state index is 13.1. The number of likely N-dealkylation sites (tertiary alicyclic amines) is 2. The van der Waals surface area contributed by atoms with Gasteiger partial charge in [0.05, 0.1) is 17.7 Å². The van der Waals surface area contributed by atoms with Crippen molar-refractivity contribution >= 4 is 11.8 Å². The summed E-state index contributed by atoms with van der Waals surface area (Å²) in [6.45, 7) is 6.29. The second kappa shape index (κ2) is 7.58. The second-order valence-electron chi connectivity index (χ2n) is 9.31. The number of hydrogen-bond acceptors (Lipinski definition) is 4. The van der Waals surface area contributed by atoms with Crippen LogP contribution in [0.15, 0.2) is 47.1 Å². The Balaban J connectivity index is 1.29. The Morgan fingerprint density at radius 1 is 1.13 bits per heavy atom. The number of furan rings is 1. The van der Waals surface area contributed by atoms with Crippen LogP contribution >= 0.6 is 0 Å². The fraction of sp³-hybridized carbons (Fsp3) is 0.500. The minimum atomic E-state index is -0.157. The third-order valence-electron chi connectivity index (χ3n) is 6.93. The molecule has 1 N–H and O–H groups in total. The van der Waals surface area contributed by atoms with Gasteiger partial charge in [0, 0.05) is 44.7 Å². The van der Waals surface area contributed by atoms with Crippen LogP contribution in [-0.2, 0) is 11.3 Å². The number of carbonyl (C=O) groups excluding carboxylic acids is 2. The Labute approximate surface area is 177 Å². The first-order valence-corrected chi connectivity index (χ1v) is 10.9. The van der Waals surface area contributed by atoms with E-state index in [4.69, 9.17) is 4.42 Å². The minimum Gasteiger partial charge on any atom is -0.469 e. The molecule has 2 saturated heterocycles. The van der Waals surface area contributed by atoms with Gasteiger partial charge in [-0.05, 0) is 37.3 Å². The topological polar surface area (TPSA) is 65.8 Å². The summed E-state index contributed by atoms with van der Waals surface area (Å²) in [5.74, 6) is 1.40. The van der Waals surface area contributed by atoms with Crippen molar-refractivity contribution in [2.75, 3.05) is 32.7 Å². The van der Waals surface area contributed by atoms with Gasteiger partial charge in [0.1, 0.15) is 5.76 Å². The molecule has 158 valence electrons. The maximum Gasteiger partial charge on any atom is 0.257 e. The van der Waals surface area contributed by atoms with Gasteiger partial charge >= 0.3 is 0 Å². The molecule has 2 aliphatic heterocycles. The highest BCUT2D eigenvalue weighted by atomic mass is 16.3. The van der Waals surface area contributed by atoms with Crippen LogP contribution in [0.4, 0.5) is 0 Å². The lowest BCUT2D eigenvalue weighted by molar-refractivity contribution is -0.131. The largest absolute Gasteiger partial charge is 0.469 e. The molecule has 3 fully saturated rings. The molecule has 1 saturated carbocycles. The van der Waals surface area contributed by atoms with Crippen LogP contribution < -0.4 is 5.32 Å². The summed E-state index contributed by atoms with van der Waals surface area (Å²) in [4.78, 5) is 30.2. The first-order chi connectivity index (χ1) is 14.5. The molecule has 1 aliphatic carbocycles. The van der Waals surface area contributed by atoms with E-state index in [9.17, 15) is 9.59 Å². The molecule has 3 aliphatic rings. The molecule has 1 spiro atoms. The molecule has 1 atom stereocenters. The quantitative estimate of drug-likeness (QED) is 0.800. The molecule has 1 aromatic heterocycles. The number of nitrogens with zero attached hydrogens (tertiary/aromatic N) is 2. The standard InChI is InChI=1S/C24H29N3O3/c1-17-20(9-10-30-17)23(29)27-15-24(16-27)14-26(12-19-5-3-2-4-6-19)13-21(24)22(28)25-11-18-7-8-18/h2-6,9-10,18,21H,7-8,11-16H2,1H3,(H,25,28). The van der Waals surface area contributed by atoms with E-state index in [1.54, 1.807) is 12.3 Å². The van der Waals surface area contributed by atoms with Gasteiger partial charge in [-0.1, -0.05) is 30.3 Å². The Kier molecular flexibility index (Phi) is 4.89. The first-order valence-electron chi connectivity index (χ1n) is 10.9. The number of benzene rings is 1. The number of amides is 2. The highest BCUT2D eigenvalue weighted by Crippen LogP contribution is 2.45. The zero-order valence-corrected chi connectivity index (χ0v) is 17.5. The predicted molar refractivity (Wildman–Crippen MR) is 113 cm³/mol. The number of aryl methyl sites for hydroxylation is 1. The minimum absolute atomic E-state index is 0.00511. The van der Waals surface area contributed by atoms with Crippen molar-refractivity contribution in [3.63, 3.8) is 0 Å². The van der Waals surface area contributed by atoms with Crippen molar-refractivity contribution < 1.29 is 14.0 Å². The van der Waals surface area contributed by atoms with E-state index in [-0.39, 0.29) is 23.1 Å². The molecule has 1 aromatic carbocycles. The van der Waals surface area contributed by atoms with E-state index < -0.39 is 0 Å². The van der Waals surface area contributed by atoms with Gasteiger partial charge < -0.3 is 14.6 Å². The zero-order valence-electron chi connectivity index (χ0n) is 17.5. The number of rotatable bonds is 6. The molecule has 1 unspecified atom stereocenters. The Hall–Kier alpha value is -2.60. The predicted octanol–water partition coefficient (Wildman–Crippen LogP) is 2.69. The van der Waals surface area contributed by atoms with Crippen LogP contribution in [0.2, 0.25) is 0 Å². The van der Waals surface area contributed by atoms with E-state index in [0.717, 1.165) is 26.2 Å². The summed E-state index contributed by atoms with van der Waals surface area (Å²) in [6, 6.07) is 12.1. The third kappa shape index (κ3) is 3.65. The van der Waals surface area contributed by atoms with Crippen molar-refractivity contribution in [3.05, 3.63) is 59.5 Å². The monoisotopic (exact) mass is 407 g/mol. The van der Waals surface area contributed by atoms with Crippen molar-refractivity contribution in [1.82, 2.24) is 15.1 Å². The van der Waals surface area contributed by atoms with Crippen LogP contribution in [0.5, 0.6) is 0 Å². The molecule has 6 nitrogen and oxygen atoms in total. The molecule has 2 amide bonds. The van der Waals surface area contributed by atoms with Gasteiger partial charge in [0.15, 0.2) is 0 Å². The van der Waals surface area contributed by atoms with E-state index in [1.807, 2.05) is 17.9 Å². The molecule has 0 radical (unpaired) electrons. The maximum absolute atomic E-state index is 13.1. The van der Waals surface area contributed by atoms with Gasteiger partial charge in [0.25, 0.3) is 5.91 Å². The van der Waals surface area contributed by atoms with Crippen LogP contribution in [0, 0.1) is 24.2 Å². The lowest BCUT2D eigenvalue weighted by atomic mass is 9.71. The molecule has 0 bridgehead atoms. The van der Waals surface area contributed by atoms with Crippen LogP contribution in [0.25, 0.3) is 0 Å². The lowest BCUT2D eigenvalue weighted by Crippen LogP contribution is -2.64. The lowest BCUT2D eigenvalue weighted by Gasteiger charge is -2.50. The van der Waals surface area contributed by atoms with Crippen LogP contribution in [-0.4, -0.2) is 54.3 Å². The van der Waals surface area contributed by atoms with Gasteiger partial charge in [0.2, 0.25) is 5.91 Å². The molecule has 30 heavy (non-hydrogen) atoms. The molecular weight excluding hydrogens is 378 g/mol. The highest BCUT2D eigenvalue weighted by Gasteiger charge is 2.57. The van der Waals surface area contributed by atoms with Crippen molar-refractivity contribution in [3.8, 4) is 0 Å². The Bertz CT molecular complexity index is 928. The molecule has 2 aromatic rings. The SMILES string of the molecule is Cc1occc1C(=O)N1CC2(CN(Cc3ccccc3)CC2C(=O)NCC2CC2)C1. The fourth-order valence-corrected chi connectivity index (χ4v) is 5.04. The molecule has 5 rings (SSSR count). The molecule has 6 heteroatoms. The summed E-state index contributed by atoms with van der Waals surface area (Å²) >= 11 is 0. The van der Waals surface area contributed by atoms with Crippen LogP contribution in [0.3, 0.4) is 0 Å². The van der Waals surface area contributed by atoms with Gasteiger partial charge in [-0.15, -0.1) is 0 Å². The Morgan fingerprint density at radius 3 is 2.57 bits per heavy atom. The summed E-state index contributed by atoms with van der Waals surface area (Å²) in [6.07, 6.45) is 4.01. The Morgan fingerprint density at radius 2 is 1.90 bits per heavy atom. The summed E-state index contributed by atoms with van der Waals surface area (Å²) in [5, 5.41) is 3.19. The summed E-state index contributed by atoms with van der Waals surface area (Å²) in [5.41, 5.74) is 1.72. The number of hydrogen-bond donors (Lipinski definition) is 1. The van der Waals surface area contributed by atoms with Crippen LogP contribution in [0.1, 0.15) is 34.5 Å². The highest BCUT2D eigenvalue weighted by molar-refractivity contribution is 5.96. The second-order valence-corrected chi connectivity index (χ2v) is 9.31. The normalized spacial score (nSPS) is 22.8. The van der Waals surface area contributed by atoms with Gasteiger partial charge in [-0.3, -0.25) is 14.5 Å².